The molecular formula is C24H22N2O4. The van der Waals surface area contributed by atoms with Gasteiger partial charge in [0.25, 0.3) is 5.56 Å². The Morgan fingerprint density at radius 2 is 1.90 bits per heavy atom. The predicted octanol–water partition coefficient (Wildman–Crippen LogP) is 3.22. The predicted molar refractivity (Wildman–Crippen MR) is 118 cm³/mol. The molecule has 0 aliphatic heterocycles. The number of fused-ring (bicyclic) bond motifs is 3. The summed E-state index contributed by atoms with van der Waals surface area (Å²) in [6, 6.07) is 17.3. The molecule has 0 saturated heterocycles. The summed E-state index contributed by atoms with van der Waals surface area (Å²) in [6.07, 6.45) is 1.57. The number of hydrogen-bond acceptors (Lipinski definition) is 5. The Morgan fingerprint density at radius 3 is 2.70 bits per heavy atom. The Morgan fingerprint density at radius 1 is 1.07 bits per heavy atom. The quantitative estimate of drug-likeness (QED) is 0.262. The number of nitrogens with one attached hydrogen (secondary N) is 2. The zero-order chi connectivity index (χ0) is 21.1. The van der Waals surface area contributed by atoms with Crippen molar-refractivity contribution in [3.63, 3.8) is 0 Å². The zero-order valence-electron chi connectivity index (χ0n) is 16.6. The number of rotatable bonds is 6. The van der Waals surface area contributed by atoms with Crippen molar-refractivity contribution in [2.45, 2.75) is 6.54 Å². The van der Waals surface area contributed by atoms with Crippen LogP contribution in [-0.4, -0.2) is 36.3 Å². The molecule has 0 aliphatic rings. The van der Waals surface area contributed by atoms with Gasteiger partial charge in [-0.3, -0.25) is 4.79 Å². The molecule has 0 unspecified atom stereocenters. The lowest BCUT2D eigenvalue weighted by Gasteiger charge is -2.11. The van der Waals surface area contributed by atoms with E-state index in [0.717, 1.165) is 16.7 Å². The summed E-state index contributed by atoms with van der Waals surface area (Å²) < 4.78 is 4.95. The summed E-state index contributed by atoms with van der Waals surface area (Å²) in [5.41, 5.74) is 3.27. The maximum absolute atomic E-state index is 12.6. The molecule has 0 bridgehead atoms. The number of carbonyl (C=O) groups is 1. The molecule has 3 aromatic carbocycles. The third-order valence-electron chi connectivity index (χ3n) is 5.16. The highest BCUT2D eigenvalue weighted by Crippen LogP contribution is 2.31. The topological polar surface area (TPSA) is 91.4 Å². The van der Waals surface area contributed by atoms with Gasteiger partial charge in [-0.05, 0) is 57.1 Å². The van der Waals surface area contributed by atoms with Gasteiger partial charge in [0, 0.05) is 19.3 Å². The van der Waals surface area contributed by atoms with Crippen molar-refractivity contribution in [3.8, 4) is 11.1 Å². The number of aromatic amines is 1. The molecule has 0 aliphatic carbocycles. The Labute approximate surface area is 173 Å². The number of carbonyl (C=O) groups excluding carboxylic acids is 1. The maximum atomic E-state index is 12.6. The van der Waals surface area contributed by atoms with Crippen LogP contribution < -0.4 is 10.9 Å². The molecule has 1 heterocycles. The molecule has 152 valence electrons. The molecule has 0 atom stereocenters. The first-order chi connectivity index (χ1) is 14.6. The van der Waals surface area contributed by atoms with Crippen LogP contribution in [0.4, 0.5) is 0 Å². The van der Waals surface area contributed by atoms with E-state index >= 15 is 0 Å². The molecule has 0 amide bonds. The van der Waals surface area contributed by atoms with Gasteiger partial charge in [0.1, 0.15) is 0 Å². The maximum Gasteiger partial charge on any atom is 0.338 e. The monoisotopic (exact) mass is 402 g/mol. The molecule has 6 nitrogen and oxygen atoms in total. The van der Waals surface area contributed by atoms with Crippen LogP contribution >= 0.6 is 0 Å². The van der Waals surface area contributed by atoms with Crippen LogP contribution in [0.2, 0.25) is 0 Å². The minimum absolute atomic E-state index is 0.0918. The Balaban J connectivity index is 1.90. The Hall–Kier alpha value is -3.48. The number of benzene rings is 3. The summed E-state index contributed by atoms with van der Waals surface area (Å²) in [6.45, 7) is 1.27. The van der Waals surface area contributed by atoms with Gasteiger partial charge in [0.05, 0.1) is 24.7 Å². The highest BCUT2D eigenvalue weighted by atomic mass is 16.5. The van der Waals surface area contributed by atoms with Crippen molar-refractivity contribution in [3.05, 3.63) is 82.3 Å². The van der Waals surface area contributed by atoms with Gasteiger partial charge < -0.3 is 20.1 Å². The molecule has 1 aromatic heterocycles. The van der Waals surface area contributed by atoms with E-state index in [1.807, 2.05) is 36.4 Å². The fourth-order valence-electron chi connectivity index (χ4n) is 3.74. The number of esters is 1. The van der Waals surface area contributed by atoms with Crippen LogP contribution in [0.25, 0.3) is 32.7 Å². The highest BCUT2D eigenvalue weighted by molar-refractivity contribution is 6.16. The Bertz CT molecular complexity index is 1290. The lowest BCUT2D eigenvalue weighted by molar-refractivity contribution is 0.0603. The van der Waals surface area contributed by atoms with E-state index in [9.17, 15) is 9.59 Å². The second kappa shape index (κ2) is 8.49. The van der Waals surface area contributed by atoms with E-state index in [1.165, 1.54) is 7.11 Å². The molecule has 0 saturated carbocycles. The van der Waals surface area contributed by atoms with Crippen molar-refractivity contribution in [1.82, 2.24) is 10.3 Å². The summed E-state index contributed by atoms with van der Waals surface area (Å²) >= 11 is 0. The normalized spacial score (nSPS) is 11.1. The largest absolute Gasteiger partial charge is 0.465 e. The van der Waals surface area contributed by atoms with Crippen molar-refractivity contribution in [1.29, 1.82) is 0 Å². The van der Waals surface area contributed by atoms with Gasteiger partial charge in [-0.15, -0.1) is 0 Å². The number of aliphatic hydroxyl groups is 1. The van der Waals surface area contributed by atoms with Crippen molar-refractivity contribution in [2.24, 2.45) is 0 Å². The van der Waals surface area contributed by atoms with Gasteiger partial charge in [-0.25, -0.2) is 4.79 Å². The highest BCUT2D eigenvalue weighted by Gasteiger charge is 2.16. The second-order valence-electron chi connectivity index (χ2n) is 7.05. The van der Waals surface area contributed by atoms with Crippen LogP contribution in [0, 0.1) is 0 Å². The lowest BCUT2D eigenvalue weighted by Crippen LogP contribution is -2.17. The number of aliphatic hydroxyl groups excluding tert-OH is 1. The number of aromatic nitrogens is 1. The van der Waals surface area contributed by atoms with Crippen LogP contribution in [0.5, 0.6) is 0 Å². The number of hydrogen-bond donors (Lipinski definition) is 3. The minimum Gasteiger partial charge on any atom is -0.465 e. The standard InChI is InChI=1S/C24H22N2O4/c1-30-24(29)21-13-18-7-8-26-23(28)22(18)20-12-17(5-6-19(20)21)16-4-2-3-15(11-16)14-25-9-10-27/h2-8,11-13,25,27H,9-10,14H2,1H3,(H,26,28). The molecule has 4 aromatic rings. The van der Waals surface area contributed by atoms with E-state index in [-0.39, 0.29) is 12.2 Å². The SMILES string of the molecule is COC(=O)c1cc2cc[nH]c(=O)c2c2cc(-c3cccc(CNCCO)c3)ccc12. The average molecular weight is 402 g/mol. The van der Waals surface area contributed by atoms with Gasteiger partial charge >= 0.3 is 5.97 Å². The van der Waals surface area contributed by atoms with E-state index in [0.29, 0.717) is 40.2 Å². The van der Waals surface area contributed by atoms with E-state index in [1.54, 1.807) is 18.3 Å². The van der Waals surface area contributed by atoms with Gasteiger partial charge in [-0.1, -0.05) is 30.3 Å². The van der Waals surface area contributed by atoms with E-state index in [4.69, 9.17) is 9.84 Å². The van der Waals surface area contributed by atoms with Gasteiger partial charge in [0.2, 0.25) is 0 Å². The average Bonchev–Trinajstić information content (AvgIpc) is 2.78. The van der Waals surface area contributed by atoms with Gasteiger partial charge in [-0.2, -0.15) is 0 Å². The zero-order valence-corrected chi connectivity index (χ0v) is 16.6. The summed E-state index contributed by atoms with van der Waals surface area (Å²) in [4.78, 5) is 27.7. The summed E-state index contributed by atoms with van der Waals surface area (Å²) in [5.74, 6) is -0.438. The molecule has 0 spiro atoms. The third-order valence-corrected chi connectivity index (χ3v) is 5.16. The second-order valence-corrected chi connectivity index (χ2v) is 7.05. The van der Waals surface area contributed by atoms with Crippen LogP contribution in [0.3, 0.4) is 0 Å². The number of ether oxygens (including phenoxy) is 1. The van der Waals surface area contributed by atoms with Crippen molar-refractivity contribution < 1.29 is 14.6 Å². The first-order valence-corrected chi connectivity index (χ1v) is 9.69. The molecule has 6 heteroatoms. The molecule has 0 fully saturated rings. The first kappa shape index (κ1) is 19.8. The van der Waals surface area contributed by atoms with Gasteiger partial charge in [0.15, 0.2) is 0 Å². The molecule has 30 heavy (non-hydrogen) atoms. The minimum atomic E-state index is -0.438. The van der Waals surface area contributed by atoms with Crippen molar-refractivity contribution in [2.75, 3.05) is 20.3 Å². The number of pyridine rings is 1. The lowest BCUT2D eigenvalue weighted by atomic mass is 9.94. The third kappa shape index (κ3) is 3.70. The van der Waals surface area contributed by atoms with E-state index < -0.39 is 5.97 Å². The van der Waals surface area contributed by atoms with Crippen LogP contribution in [-0.2, 0) is 11.3 Å². The van der Waals surface area contributed by atoms with Crippen LogP contribution in [0.1, 0.15) is 15.9 Å². The molecule has 3 N–H and O–H groups in total. The number of H-pyrrole nitrogens is 1. The first-order valence-electron chi connectivity index (χ1n) is 9.69. The smallest absolute Gasteiger partial charge is 0.338 e. The Kier molecular flexibility index (Phi) is 5.61. The molecule has 4 rings (SSSR count). The van der Waals surface area contributed by atoms with Crippen molar-refractivity contribution >= 4 is 27.5 Å². The number of methoxy groups -OCH3 is 1. The molecule has 0 radical (unpaired) electrons. The summed E-state index contributed by atoms with van der Waals surface area (Å²) in [5, 5.41) is 14.7. The molecular weight excluding hydrogens is 380 g/mol. The fourth-order valence-corrected chi connectivity index (χ4v) is 3.74. The van der Waals surface area contributed by atoms with E-state index in [2.05, 4.69) is 16.4 Å². The fraction of sp³-hybridized carbons (Fsp3) is 0.167. The van der Waals surface area contributed by atoms with Crippen LogP contribution in [0.15, 0.2) is 65.6 Å². The summed E-state index contributed by atoms with van der Waals surface area (Å²) in [7, 11) is 1.35.